The lowest BCUT2D eigenvalue weighted by Crippen LogP contribution is -2.44. The highest BCUT2D eigenvalue weighted by Gasteiger charge is 2.32. The number of carbonyl (C=O) groups excluding carboxylic acids is 1. The third-order valence-corrected chi connectivity index (χ3v) is 4.82. The van der Waals surface area contributed by atoms with E-state index in [2.05, 4.69) is 26.3 Å². The normalized spacial score (nSPS) is 24.3. The molecule has 8 heteroatoms. The highest BCUT2D eigenvalue weighted by atomic mass is 16.5. The lowest BCUT2D eigenvalue weighted by atomic mass is 9.90. The van der Waals surface area contributed by atoms with Gasteiger partial charge in [0.2, 0.25) is 12.2 Å². The first-order valence-electron chi connectivity index (χ1n) is 8.56. The maximum atomic E-state index is 12.5. The molecule has 1 aromatic carbocycles. The zero-order valence-electron chi connectivity index (χ0n) is 13.8. The van der Waals surface area contributed by atoms with E-state index in [0.717, 1.165) is 38.0 Å². The molecule has 8 nitrogen and oxygen atoms in total. The van der Waals surface area contributed by atoms with Gasteiger partial charge in [-0.05, 0) is 37.3 Å². The second-order valence-corrected chi connectivity index (χ2v) is 6.44. The molecule has 3 heterocycles. The van der Waals surface area contributed by atoms with Crippen molar-refractivity contribution in [2.75, 3.05) is 13.2 Å². The largest absolute Gasteiger partial charge is 0.381 e. The Morgan fingerprint density at radius 1 is 1.24 bits per heavy atom. The molecule has 132 valence electrons. The van der Waals surface area contributed by atoms with Crippen molar-refractivity contribution in [3.05, 3.63) is 36.2 Å². The monoisotopic (exact) mass is 343 g/mol. The third-order valence-electron chi connectivity index (χ3n) is 4.82. The van der Waals surface area contributed by atoms with Crippen molar-refractivity contribution in [1.29, 1.82) is 0 Å². The lowest BCUT2D eigenvalue weighted by Gasteiger charge is -2.26. The Balaban J connectivity index is 1.37. The number of ether oxygens (including phenoxy) is 1. The molecule has 2 atom stereocenters. The van der Waals surface area contributed by atoms with Gasteiger partial charge in [0.1, 0.15) is 0 Å². The standard InChI is InChI=1S/C17H21N5O3/c23-17(13-3-1-2-12(8-13)16-18-10-25-22-16)19-15-9-14(20-21-15)11-4-6-24-7-5-11/h1-3,8,10-11,14-15,20-21H,4-7,9H2,(H,19,23). The lowest BCUT2D eigenvalue weighted by molar-refractivity contribution is 0.0553. The molecular weight excluding hydrogens is 322 g/mol. The summed E-state index contributed by atoms with van der Waals surface area (Å²) in [5.74, 6) is 0.928. The minimum Gasteiger partial charge on any atom is -0.381 e. The fourth-order valence-corrected chi connectivity index (χ4v) is 3.44. The van der Waals surface area contributed by atoms with Crippen LogP contribution in [0, 0.1) is 5.92 Å². The highest BCUT2D eigenvalue weighted by molar-refractivity contribution is 5.95. The Bertz CT molecular complexity index is 715. The molecule has 2 fully saturated rings. The van der Waals surface area contributed by atoms with E-state index < -0.39 is 0 Å². The number of benzene rings is 1. The summed E-state index contributed by atoms with van der Waals surface area (Å²) >= 11 is 0. The minimum atomic E-state index is -0.128. The van der Waals surface area contributed by atoms with E-state index in [0.29, 0.717) is 23.3 Å². The average molecular weight is 343 g/mol. The smallest absolute Gasteiger partial charge is 0.252 e. The summed E-state index contributed by atoms with van der Waals surface area (Å²) in [7, 11) is 0. The Labute approximate surface area is 145 Å². The number of rotatable bonds is 4. The molecule has 0 radical (unpaired) electrons. The van der Waals surface area contributed by atoms with Crippen LogP contribution in [0.15, 0.2) is 35.2 Å². The van der Waals surface area contributed by atoms with E-state index in [1.54, 1.807) is 12.1 Å². The highest BCUT2D eigenvalue weighted by Crippen LogP contribution is 2.23. The average Bonchev–Trinajstić information content (AvgIpc) is 3.35. The molecule has 2 saturated heterocycles. The molecule has 1 amide bonds. The molecule has 3 N–H and O–H groups in total. The van der Waals surface area contributed by atoms with E-state index in [9.17, 15) is 4.79 Å². The van der Waals surface area contributed by atoms with Crippen LogP contribution in [0.1, 0.15) is 29.6 Å². The molecule has 1 aromatic heterocycles. The van der Waals surface area contributed by atoms with Crippen LogP contribution in [0.25, 0.3) is 11.4 Å². The van der Waals surface area contributed by atoms with Crippen LogP contribution >= 0.6 is 0 Å². The fourth-order valence-electron chi connectivity index (χ4n) is 3.44. The van der Waals surface area contributed by atoms with Gasteiger partial charge >= 0.3 is 0 Å². The zero-order valence-corrected chi connectivity index (χ0v) is 13.8. The van der Waals surface area contributed by atoms with Crippen LogP contribution in [-0.4, -0.2) is 41.5 Å². The number of hydrogen-bond acceptors (Lipinski definition) is 7. The number of aromatic nitrogens is 2. The second-order valence-electron chi connectivity index (χ2n) is 6.44. The van der Waals surface area contributed by atoms with Gasteiger partial charge in [0, 0.05) is 30.4 Å². The van der Waals surface area contributed by atoms with Crippen molar-refractivity contribution in [2.45, 2.75) is 31.5 Å². The summed E-state index contributed by atoms with van der Waals surface area (Å²) in [6.07, 6.45) is 4.17. The van der Waals surface area contributed by atoms with Crippen molar-refractivity contribution in [3.63, 3.8) is 0 Å². The summed E-state index contributed by atoms with van der Waals surface area (Å²) in [5, 5.41) is 6.83. The van der Waals surface area contributed by atoms with Crippen LogP contribution in [-0.2, 0) is 4.74 Å². The fraction of sp³-hybridized carbons (Fsp3) is 0.471. The quantitative estimate of drug-likeness (QED) is 0.764. The van der Waals surface area contributed by atoms with Gasteiger partial charge in [-0.1, -0.05) is 17.3 Å². The van der Waals surface area contributed by atoms with Crippen LogP contribution < -0.4 is 16.2 Å². The van der Waals surface area contributed by atoms with Crippen molar-refractivity contribution < 1.29 is 14.1 Å². The Morgan fingerprint density at radius 3 is 2.92 bits per heavy atom. The van der Waals surface area contributed by atoms with Crippen LogP contribution in [0.5, 0.6) is 0 Å². The predicted molar refractivity (Wildman–Crippen MR) is 89.2 cm³/mol. The number of nitrogens with zero attached hydrogens (tertiary/aromatic N) is 2. The second kappa shape index (κ2) is 7.30. The molecule has 2 aromatic rings. The van der Waals surface area contributed by atoms with Crippen LogP contribution in [0.2, 0.25) is 0 Å². The number of amides is 1. The molecule has 2 aliphatic heterocycles. The maximum Gasteiger partial charge on any atom is 0.252 e. The summed E-state index contributed by atoms with van der Waals surface area (Å²) in [6, 6.07) is 7.56. The summed E-state index contributed by atoms with van der Waals surface area (Å²) in [6.45, 7) is 1.64. The van der Waals surface area contributed by atoms with Crippen LogP contribution in [0.3, 0.4) is 0 Å². The summed E-state index contributed by atoms with van der Waals surface area (Å²) in [5.41, 5.74) is 7.82. The van der Waals surface area contributed by atoms with E-state index in [-0.39, 0.29) is 12.1 Å². The molecule has 0 saturated carbocycles. The van der Waals surface area contributed by atoms with Crippen molar-refractivity contribution >= 4 is 5.91 Å². The topological polar surface area (TPSA) is 101 Å². The van der Waals surface area contributed by atoms with E-state index >= 15 is 0 Å². The van der Waals surface area contributed by atoms with Gasteiger partial charge < -0.3 is 14.6 Å². The molecule has 2 aliphatic rings. The van der Waals surface area contributed by atoms with Gasteiger partial charge in [-0.15, -0.1) is 0 Å². The molecule has 4 rings (SSSR count). The summed E-state index contributed by atoms with van der Waals surface area (Å²) in [4.78, 5) is 16.6. The number of hydrazine groups is 1. The van der Waals surface area contributed by atoms with Crippen molar-refractivity contribution in [1.82, 2.24) is 26.3 Å². The molecule has 0 spiro atoms. The Morgan fingerprint density at radius 2 is 2.12 bits per heavy atom. The van der Waals surface area contributed by atoms with Gasteiger partial charge in [-0.3, -0.25) is 10.2 Å². The molecule has 2 unspecified atom stereocenters. The summed E-state index contributed by atoms with van der Waals surface area (Å²) < 4.78 is 10.2. The van der Waals surface area contributed by atoms with Gasteiger partial charge in [-0.2, -0.15) is 4.98 Å². The minimum absolute atomic E-state index is 0.0887. The van der Waals surface area contributed by atoms with Gasteiger partial charge in [0.05, 0.1) is 6.17 Å². The molecule has 0 aliphatic carbocycles. The van der Waals surface area contributed by atoms with Gasteiger partial charge in [0.25, 0.3) is 5.91 Å². The Kier molecular flexibility index (Phi) is 4.73. The number of carbonyl (C=O) groups is 1. The third kappa shape index (κ3) is 3.71. The molecular formula is C17H21N5O3. The van der Waals surface area contributed by atoms with E-state index in [1.165, 1.54) is 6.39 Å². The van der Waals surface area contributed by atoms with E-state index in [1.807, 2.05) is 12.1 Å². The first kappa shape index (κ1) is 16.2. The molecule has 0 bridgehead atoms. The first-order valence-corrected chi connectivity index (χ1v) is 8.56. The Hall–Kier alpha value is -2.29. The SMILES string of the molecule is O=C(NC1CC(C2CCOCC2)NN1)c1cccc(-c2ncon2)c1. The van der Waals surface area contributed by atoms with Gasteiger partial charge in [-0.25, -0.2) is 5.43 Å². The van der Waals surface area contributed by atoms with E-state index in [4.69, 9.17) is 9.26 Å². The van der Waals surface area contributed by atoms with Gasteiger partial charge in [0.15, 0.2) is 0 Å². The van der Waals surface area contributed by atoms with Crippen molar-refractivity contribution in [2.24, 2.45) is 5.92 Å². The first-order chi connectivity index (χ1) is 12.3. The van der Waals surface area contributed by atoms with Crippen LogP contribution in [0.4, 0.5) is 0 Å². The number of nitrogens with one attached hydrogen (secondary N) is 3. The predicted octanol–water partition coefficient (Wildman–Crippen LogP) is 1.09. The molecule has 25 heavy (non-hydrogen) atoms. The number of hydrogen-bond donors (Lipinski definition) is 3. The zero-order chi connectivity index (χ0) is 17.1. The van der Waals surface area contributed by atoms with Crippen molar-refractivity contribution in [3.8, 4) is 11.4 Å². The maximum absolute atomic E-state index is 12.5.